The Balaban J connectivity index is 2.21. The van der Waals surface area contributed by atoms with Crippen LogP contribution in [0.3, 0.4) is 0 Å². The molecular formula is C15H19N3OS. The van der Waals surface area contributed by atoms with Crippen molar-refractivity contribution in [2.24, 2.45) is 0 Å². The lowest BCUT2D eigenvalue weighted by molar-refractivity contribution is 0.102. The number of nitrogens with zero attached hydrogens (tertiary/aromatic N) is 1. The van der Waals surface area contributed by atoms with Crippen molar-refractivity contribution >= 4 is 28.1 Å². The van der Waals surface area contributed by atoms with Crippen LogP contribution in [0.2, 0.25) is 0 Å². The van der Waals surface area contributed by atoms with Crippen molar-refractivity contribution in [2.45, 2.75) is 33.6 Å². The maximum absolute atomic E-state index is 12.3. The van der Waals surface area contributed by atoms with Crippen molar-refractivity contribution in [1.82, 2.24) is 4.98 Å². The van der Waals surface area contributed by atoms with Crippen LogP contribution in [0, 0.1) is 13.8 Å². The molecule has 106 valence electrons. The second kappa shape index (κ2) is 5.63. The van der Waals surface area contributed by atoms with Gasteiger partial charge in [-0.1, -0.05) is 19.9 Å². The van der Waals surface area contributed by atoms with Gasteiger partial charge in [0, 0.05) is 16.6 Å². The molecule has 0 aliphatic carbocycles. The number of carbonyl (C=O) groups is 1. The number of aryl methyl sites for hydroxylation is 2. The second-order valence-electron chi connectivity index (χ2n) is 5.21. The number of aromatic nitrogens is 1. The standard InChI is InChI=1S/C15H19N3OS/c1-8(2)13-7-20-15(17-13)18-14(19)11-6-12(16)10(4)5-9(11)3/h5-8H,16H2,1-4H3,(H,17,18,19). The van der Waals surface area contributed by atoms with Crippen LogP contribution in [0.5, 0.6) is 0 Å². The van der Waals surface area contributed by atoms with Gasteiger partial charge < -0.3 is 5.73 Å². The van der Waals surface area contributed by atoms with Gasteiger partial charge in [-0.2, -0.15) is 0 Å². The average Bonchev–Trinajstić information content (AvgIpc) is 2.82. The van der Waals surface area contributed by atoms with Crippen molar-refractivity contribution < 1.29 is 4.79 Å². The maximum Gasteiger partial charge on any atom is 0.257 e. The van der Waals surface area contributed by atoms with Crippen molar-refractivity contribution in [3.63, 3.8) is 0 Å². The minimum absolute atomic E-state index is 0.168. The fourth-order valence-corrected chi connectivity index (χ4v) is 2.75. The number of nitrogen functional groups attached to an aromatic ring is 1. The first-order valence-corrected chi connectivity index (χ1v) is 7.40. The predicted octanol–water partition coefficient (Wildman–Crippen LogP) is 3.72. The smallest absolute Gasteiger partial charge is 0.257 e. The van der Waals surface area contributed by atoms with Gasteiger partial charge in [-0.25, -0.2) is 4.98 Å². The highest BCUT2D eigenvalue weighted by molar-refractivity contribution is 7.14. The van der Waals surface area contributed by atoms with Crippen LogP contribution in [0.15, 0.2) is 17.5 Å². The fourth-order valence-electron chi connectivity index (χ4n) is 1.89. The van der Waals surface area contributed by atoms with E-state index in [-0.39, 0.29) is 5.91 Å². The lowest BCUT2D eigenvalue weighted by Gasteiger charge is -2.09. The molecule has 3 N–H and O–H groups in total. The summed E-state index contributed by atoms with van der Waals surface area (Å²) >= 11 is 1.44. The summed E-state index contributed by atoms with van der Waals surface area (Å²) in [5.74, 6) is 0.188. The lowest BCUT2D eigenvalue weighted by Crippen LogP contribution is -2.14. The van der Waals surface area contributed by atoms with Gasteiger partial charge in [0.15, 0.2) is 5.13 Å². The van der Waals surface area contributed by atoms with E-state index < -0.39 is 0 Å². The van der Waals surface area contributed by atoms with E-state index in [1.807, 2.05) is 25.3 Å². The number of anilines is 2. The van der Waals surface area contributed by atoms with Crippen LogP contribution in [-0.2, 0) is 0 Å². The van der Waals surface area contributed by atoms with E-state index in [2.05, 4.69) is 24.1 Å². The van der Waals surface area contributed by atoms with Gasteiger partial charge >= 0.3 is 0 Å². The normalized spacial score (nSPS) is 10.8. The average molecular weight is 289 g/mol. The largest absolute Gasteiger partial charge is 0.398 e. The summed E-state index contributed by atoms with van der Waals surface area (Å²) in [6.45, 7) is 7.99. The Morgan fingerprint density at radius 1 is 1.30 bits per heavy atom. The van der Waals surface area contributed by atoms with Gasteiger partial charge in [-0.05, 0) is 37.0 Å². The molecule has 0 fully saturated rings. The van der Waals surface area contributed by atoms with Crippen LogP contribution in [-0.4, -0.2) is 10.9 Å². The summed E-state index contributed by atoms with van der Waals surface area (Å²) in [6.07, 6.45) is 0. The van der Waals surface area contributed by atoms with Crippen LogP contribution < -0.4 is 11.1 Å². The number of nitrogens with two attached hydrogens (primary N) is 1. The highest BCUT2D eigenvalue weighted by atomic mass is 32.1. The Bertz CT molecular complexity index is 647. The zero-order valence-corrected chi connectivity index (χ0v) is 13.0. The van der Waals surface area contributed by atoms with Gasteiger partial charge in [0.1, 0.15) is 0 Å². The number of nitrogens with one attached hydrogen (secondary N) is 1. The predicted molar refractivity (Wildman–Crippen MR) is 84.5 cm³/mol. The molecule has 0 spiro atoms. The number of thiazole rings is 1. The summed E-state index contributed by atoms with van der Waals surface area (Å²) in [5, 5.41) is 5.43. The summed E-state index contributed by atoms with van der Waals surface area (Å²) in [5.41, 5.74) is 9.98. The van der Waals surface area contributed by atoms with Gasteiger partial charge in [-0.15, -0.1) is 11.3 Å². The number of rotatable bonds is 3. The molecular weight excluding hydrogens is 270 g/mol. The molecule has 0 radical (unpaired) electrons. The lowest BCUT2D eigenvalue weighted by atomic mass is 10.0. The number of hydrogen-bond donors (Lipinski definition) is 2. The zero-order chi connectivity index (χ0) is 14.9. The maximum atomic E-state index is 12.3. The molecule has 0 unspecified atom stereocenters. The topological polar surface area (TPSA) is 68.0 Å². The Kier molecular flexibility index (Phi) is 4.09. The van der Waals surface area contributed by atoms with Crippen molar-refractivity contribution in [1.29, 1.82) is 0 Å². The van der Waals surface area contributed by atoms with Crippen LogP contribution in [0.1, 0.15) is 46.9 Å². The Hall–Kier alpha value is -1.88. The number of benzene rings is 1. The molecule has 5 heteroatoms. The summed E-state index contributed by atoms with van der Waals surface area (Å²) in [6, 6.07) is 3.64. The van der Waals surface area contributed by atoms with E-state index in [9.17, 15) is 4.79 Å². The molecule has 1 aromatic carbocycles. The third kappa shape index (κ3) is 2.99. The molecule has 1 aromatic heterocycles. The summed E-state index contributed by atoms with van der Waals surface area (Å²) in [4.78, 5) is 16.7. The highest BCUT2D eigenvalue weighted by Gasteiger charge is 2.13. The first-order chi connectivity index (χ1) is 9.38. The minimum Gasteiger partial charge on any atom is -0.398 e. The van der Waals surface area contributed by atoms with E-state index in [4.69, 9.17) is 5.73 Å². The van der Waals surface area contributed by atoms with E-state index in [0.29, 0.717) is 22.3 Å². The van der Waals surface area contributed by atoms with Crippen molar-refractivity contribution in [3.05, 3.63) is 39.9 Å². The Morgan fingerprint density at radius 2 is 2.00 bits per heavy atom. The third-order valence-electron chi connectivity index (χ3n) is 3.19. The first kappa shape index (κ1) is 14.5. The monoisotopic (exact) mass is 289 g/mol. The van der Waals surface area contributed by atoms with Crippen LogP contribution in [0.4, 0.5) is 10.8 Å². The van der Waals surface area contributed by atoms with E-state index in [1.165, 1.54) is 11.3 Å². The van der Waals surface area contributed by atoms with Gasteiger partial charge in [-0.3, -0.25) is 10.1 Å². The summed E-state index contributed by atoms with van der Waals surface area (Å²) in [7, 11) is 0. The third-order valence-corrected chi connectivity index (χ3v) is 3.97. The van der Waals surface area contributed by atoms with E-state index in [1.54, 1.807) is 6.07 Å². The molecule has 0 bridgehead atoms. The quantitative estimate of drug-likeness (QED) is 0.846. The molecule has 0 aliphatic rings. The molecule has 20 heavy (non-hydrogen) atoms. The molecule has 0 aliphatic heterocycles. The number of carbonyl (C=O) groups excluding carboxylic acids is 1. The van der Waals surface area contributed by atoms with Gasteiger partial charge in [0.2, 0.25) is 0 Å². The molecule has 1 heterocycles. The molecule has 2 rings (SSSR count). The minimum atomic E-state index is -0.168. The van der Waals surface area contributed by atoms with Crippen molar-refractivity contribution in [2.75, 3.05) is 11.1 Å². The molecule has 1 amide bonds. The second-order valence-corrected chi connectivity index (χ2v) is 6.07. The number of amides is 1. The SMILES string of the molecule is Cc1cc(C)c(C(=O)Nc2nc(C(C)C)cs2)cc1N. The Morgan fingerprint density at radius 3 is 2.60 bits per heavy atom. The molecule has 0 atom stereocenters. The molecule has 2 aromatic rings. The summed E-state index contributed by atoms with van der Waals surface area (Å²) < 4.78 is 0. The molecule has 0 saturated carbocycles. The van der Waals surface area contributed by atoms with E-state index in [0.717, 1.165) is 16.8 Å². The molecule has 4 nitrogen and oxygen atoms in total. The van der Waals surface area contributed by atoms with Crippen LogP contribution >= 0.6 is 11.3 Å². The van der Waals surface area contributed by atoms with E-state index >= 15 is 0 Å². The first-order valence-electron chi connectivity index (χ1n) is 6.52. The van der Waals surface area contributed by atoms with Gasteiger partial charge in [0.05, 0.1) is 5.69 Å². The van der Waals surface area contributed by atoms with Crippen molar-refractivity contribution in [3.8, 4) is 0 Å². The number of hydrogen-bond acceptors (Lipinski definition) is 4. The molecule has 0 saturated heterocycles. The zero-order valence-electron chi connectivity index (χ0n) is 12.2. The highest BCUT2D eigenvalue weighted by Crippen LogP contribution is 2.23. The van der Waals surface area contributed by atoms with Gasteiger partial charge in [0.25, 0.3) is 5.91 Å². The Labute approximate surface area is 123 Å². The fraction of sp³-hybridized carbons (Fsp3) is 0.333. The van der Waals surface area contributed by atoms with Crippen LogP contribution in [0.25, 0.3) is 0 Å².